The fourth-order valence-electron chi connectivity index (χ4n) is 4.79. The first-order valence-corrected chi connectivity index (χ1v) is 11.9. The van der Waals surface area contributed by atoms with Gasteiger partial charge in [-0.25, -0.2) is 4.79 Å². The minimum absolute atomic E-state index is 0.131. The molecule has 34 heavy (non-hydrogen) atoms. The monoisotopic (exact) mass is 464 g/mol. The molecule has 3 atom stereocenters. The van der Waals surface area contributed by atoms with Crippen molar-refractivity contribution in [1.82, 2.24) is 15.1 Å². The summed E-state index contributed by atoms with van der Waals surface area (Å²) in [6.45, 7) is 6.54. The van der Waals surface area contributed by atoms with Crippen LogP contribution in [0.4, 0.5) is 10.5 Å². The van der Waals surface area contributed by atoms with E-state index < -0.39 is 24.0 Å². The number of likely N-dealkylation sites (tertiary alicyclic amines) is 1. The molecule has 2 saturated heterocycles. The fourth-order valence-corrected chi connectivity index (χ4v) is 4.79. The van der Waals surface area contributed by atoms with Crippen molar-refractivity contribution in [2.75, 3.05) is 38.1 Å². The number of esters is 1. The number of hydrogen-bond acceptors (Lipinski definition) is 5. The second kappa shape index (κ2) is 10.7. The molecule has 2 aliphatic heterocycles. The quantitative estimate of drug-likeness (QED) is 0.664. The molecule has 0 spiro atoms. The van der Waals surface area contributed by atoms with Crippen molar-refractivity contribution in [2.45, 2.75) is 32.4 Å². The summed E-state index contributed by atoms with van der Waals surface area (Å²) < 4.78 is 5.39. The molecule has 0 bridgehead atoms. The topological polar surface area (TPSA) is 91.0 Å². The Labute approximate surface area is 200 Å². The third-order valence-electron chi connectivity index (χ3n) is 6.48. The largest absolute Gasteiger partial charge is 0.466 e. The standard InChI is InChI=1S/C26H32N4O4/c1-3-34-25(32)21-17-22(24(31)29-15-13-27-14-16-29)30(23(21)19-11-9-18(2)10-12-19)26(33)28-20-7-5-4-6-8-20/h4-12,21-23,27H,3,13-17H2,1-2H3,(H,28,33). The van der Waals surface area contributed by atoms with Crippen LogP contribution in [0.25, 0.3) is 0 Å². The Bertz CT molecular complexity index is 1010. The maximum atomic E-state index is 13.7. The second-order valence-corrected chi connectivity index (χ2v) is 8.74. The van der Waals surface area contributed by atoms with Crippen LogP contribution < -0.4 is 10.6 Å². The van der Waals surface area contributed by atoms with Crippen LogP contribution in [0.15, 0.2) is 54.6 Å². The van der Waals surface area contributed by atoms with Gasteiger partial charge in [0.15, 0.2) is 0 Å². The minimum Gasteiger partial charge on any atom is -0.466 e. The zero-order chi connectivity index (χ0) is 24.1. The summed E-state index contributed by atoms with van der Waals surface area (Å²) in [6, 6.07) is 15.1. The van der Waals surface area contributed by atoms with Crippen molar-refractivity contribution < 1.29 is 19.1 Å². The van der Waals surface area contributed by atoms with Gasteiger partial charge in [0, 0.05) is 31.9 Å². The van der Waals surface area contributed by atoms with E-state index >= 15 is 0 Å². The molecule has 0 radical (unpaired) electrons. The van der Waals surface area contributed by atoms with Gasteiger partial charge in [-0.1, -0.05) is 48.0 Å². The van der Waals surface area contributed by atoms with Crippen LogP contribution in [-0.4, -0.2) is 66.5 Å². The number of piperazine rings is 1. The van der Waals surface area contributed by atoms with Gasteiger partial charge < -0.3 is 25.2 Å². The number of urea groups is 1. The Morgan fingerprint density at radius 2 is 1.71 bits per heavy atom. The van der Waals surface area contributed by atoms with E-state index in [0.29, 0.717) is 31.9 Å². The van der Waals surface area contributed by atoms with Gasteiger partial charge >= 0.3 is 12.0 Å². The molecule has 3 amide bonds. The number of nitrogens with one attached hydrogen (secondary N) is 2. The third kappa shape index (κ3) is 5.07. The van der Waals surface area contributed by atoms with E-state index in [1.54, 1.807) is 28.9 Å². The molecule has 0 aliphatic carbocycles. The van der Waals surface area contributed by atoms with Crippen molar-refractivity contribution in [3.63, 3.8) is 0 Å². The molecule has 2 aromatic rings. The molecule has 180 valence electrons. The normalized spacial score (nSPS) is 22.4. The predicted molar refractivity (Wildman–Crippen MR) is 129 cm³/mol. The Kier molecular flexibility index (Phi) is 7.47. The van der Waals surface area contributed by atoms with E-state index in [4.69, 9.17) is 4.74 Å². The van der Waals surface area contributed by atoms with Crippen LogP contribution in [0.2, 0.25) is 0 Å². The summed E-state index contributed by atoms with van der Waals surface area (Å²) in [6.07, 6.45) is 0.225. The van der Waals surface area contributed by atoms with Crippen molar-refractivity contribution in [3.8, 4) is 0 Å². The van der Waals surface area contributed by atoms with Crippen molar-refractivity contribution in [1.29, 1.82) is 0 Å². The molecule has 3 unspecified atom stereocenters. The fraction of sp³-hybridized carbons (Fsp3) is 0.423. The van der Waals surface area contributed by atoms with Gasteiger partial charge in [-0.3, -0.25) is 9.59 Å². The summed E-state index contributed by atoms with van der Waals surface area (Å²) in [5, 5.41) is 6.18. The van der Waals surface area contributed by atoms with Crippen molar-refractivity contribution in [3.05, 3.63) is 65.7 Å². The number of nitrogens with zero attached hydrogens (tertiary/aromatic N) is 2. The summed E-state index contributed by atoms with van der Waals surface area (Å²) in [5.41, 5.74) is 2.51. The molecule has 8 nitrogen and oxygen atoms in total. The highest BCUT2D eigenvalue weighted by Gasteiger charge is 2.52. The number of anilines is 1. The number of hydrogen-bond donors (Lipinski definition) is 2. The highest BCUT2D eigenvalue weighted by molar-refractivity contribution is 5.96. The van der Waals surface area contributed by atoms with E-state index in [2.05, 4.69) is 10.6 Å². The molecule has 8 heteroatoms. The molecular weight excluding hydrogens is 432 g/mol. The number of amides is 3. The van der Waals surface area contributed by atoms with Crippen LogP contribution in [0.3, 0.4) is 0 Å². The molecule has 2 heterocycles. The van der Waals surface area contributed by atoms with Gasteiger partial charge in [0.05, 0.1) is 18.6 Å². The average molecular weight is 465 g/mol. The smallest absolute Gasteiger partial charge is 0.323 e. The van der Waals surface area contributed by atoms with E-state index in [0.717, 1.165) is 11.1 Å². The lowest BCUT2D eigenvalue weighted by Gasteiger charge is -2.35. The van der Waals surface area contributed by atoms with Gasteiger partial charge in [-0.05, 0) is 38.0 Å². The summed E-state index contributed by atoms with van der Waals surface area (Å²) in [5.74, 6) is -1.16. The maximum Gasteiger partial charge on any atom is 0.323 e. The van der Waals surface area contributed by atoms with Gasteiger partial charge in [-0.2, -0.15) is 0 Å². The lowest BCUT2D eigenvalue weighted by atomic mass is 9.92. The van der Waals surface area contributed by atoms with Gasteiger partial charge in [0.1, 0.15) is 6.04 Å². The molecule has 2 aromatic carbocycles. The number of aryl methyl sites for hydroxylation is 1. The molecular formula is C26H32N4O4. The number of carbonyl (C=O) groups excluding carboxylic acids is 3. The lowest BCUT2D eigenvalue weighted by molar-refractivity contribution is -0.148. The van der Waals surface area contributed by atoms with Crippen molar-refractivity contribution >= 4 is 23.6 Å². The lowest BCUT2D eigenvalue weighted by Crippen LogP contribution is -2.54. The molecule has 4 rings (SSSR count). The predicted octanol–water partition coefficient (Wildman–Crippen LogP) is 2.95. The first kappa shape index (κ1) is 23.8. The van der Waals surface area contributed by atoms with E-state index in [1.807, 2.05) is 49.4 Å². The van der Waals surface area contributed by atoms with Crippen LogP contribution in [0, 0.1) is 12.8 Å². The highest BCUT2D eigenvalue weighted by atomic mass is 16.5. The molecule has 2 fully saturated rings. The van der Waals surface area contributed by atoms with E-state index in [1.165, 1.54) is 0 Å². The Morgan fingerprint density at radius 3 is 2.35 bits per heavy atom. The zero-order valence-electron chi connectivity index (χ0n) is 19.7. The van der Waals surface area contributed by atoms with Gasteiger partial charge in [-0.15, -0.1) is 0 Å². The Morgan fingerprint density at radius 1 is 1.03 bits per heavy atom. The molecule has 0 saturated carbocycles. The summed E-state index contributed by atoms with van der Waals surface area (Å²) >= 11 is 0. The third-order valence-corrected chi connectivity index (χ3v) is 6.48. The van der Waals surface area contributed by atoms with Crippen molar-refractivity contribution in [2.24, 2.45) is 5.92 Å². The Balaban J connectivity index is 1.73. The van der Waals surface area contributed by atoms with Crippen LogP contribution in [-0.2, 0) is 14.3 Å². The summed E-state index contributed by atoms with van der Waals surface area (Å²) in [7, 11) is 0. The van der Waals surface area contributed by atoms with Gasteiger partial charge in [0.2, 0.25) is 5.91 Å². The SMILES string of the molecule is CCOC(=O)C1CC(C(=O)N2CCNCC2)N(C(=O)Nc2ccccc2)C1c1ccc(C)cc1. The minimum atomic E-state index is -0.762. The molecule has 0 aromatic heterocycles. The number of carbonyl (C=O) groups is 3. The number of para-hydroxylation sites is 1. The Hall–Kier alpha value is -3.39. The van der Waals surface area contributed by atoms with Crippen LogP contribution in [0.5, 0.6) is 0 Å². The highest BCUT2D eigenvalue weighted by Crippen LogP contribution is 2.43. The molecule has 2 aliphatic rings. The number of benzene rings is 2. The number of ether oxygens (including phenoxy) is 1. The average Bonchev–Trinajstić information content (AvgIpc) is 3.26. The first-order valence-electron chi connectivity index (χ1n) is 11.9. The maximum absolute atomic E-state index is 13.7. The second-order valence-electron chi connectivity index (χ2n) is 8.74. The van der Waals surface area contributed by atoms with E-state index in [-0.39, 0.29) is 24.9 Å². The number of rotatable bonds is 5. The molecule has 2 N–H and O–H groups in total. The van der Waals surface area contributed by atoms with E-state index in [9.17, 15) is 14.4 Å². The zero-order valence-corrected chi connectivity index (χ0v) is 19.7. The van der Waals surface area contributed by atoms with Gasteiger partial charge in [0.25, 0.3) is 0 Å². The summed E-state index contributed by atoms with van der Waals surface area (Å²) in [4.78, 5) is 43.7. The first-order chi connectivity index (χ1) is 16.5. The van der Waals surface area contributed by atoms with Crippen LogP contribution >= 0.6 is 0 Å². The van der Waals surface area contributed by atoms with Crippen LogP contribution in [0.1, 0.15) is 30.5 Å².